The van der Waals surface area contributed by atoms with E-state index in [1.54, 1.807) is 5.38 Å². The topological polar surface area (TPSA) is 80.3 Å². The molecule has 0 saturated heterocycles. The first-order valence-corrected chi connectivity index (χ1v) is 6.14. The van der Waals surface area contributed by atoms with Gasteiger partial charge in [-0.05, 0) is 12.8 Å². The molecule has 0 aromatic carbocycles. The monoisotopic (exact) mass is 255 g/mol. The zero-order chi connectivity index (χ0) is 12.3. The van der Waals surface area contributed by atoms with Crippen molar-refractivity contribution in [1.82, 2.24) is 10.3 Å². The van der Waals surface area contributed by atoms with E-state index in [0.717, 1.165) is 12.8 Å². The maximum atomic E-state index is 11.4. The molecule has 0 atom stereocenters. The number of urea groups is 1. The van der Waals surface area contributed by atoms with Gasteiger partial charge in [-0.2, -0.15) is 0 Å². The van der Waals surface area contributed by atoms with E-state index >= 15 is 0 Å². The van der Waals surface area contributed by atoms with Crippen LogP contribution in [0.3, 0.4) is 0 Å². The Bertz CT molecular complexity index is 428. The first-order valence-electron chi connectivity index (χ1n) is 5.26. The standard InChI is InChI=1S/C10H13N3O3S/c1-16-8(14)4-7-5-17-10(12-7)13-9(15)11-6-2-3-6/h5-6H,2-4H2,1H3,(H2,11,12,13,15). The summed E-state index contributed by atoms with van der Waals surface area (Å²) in [5, 5.41) is 7.63. The average molecular weight is 255 g/mol. The highest BCUT2D eigenvalue weighted by molar-refractivity contribution is 7.13. The number of esters is 1. The number of amides is 2. The zero-order valence-electron chi connectivity index (χ0n) is 9.36. The molecule has 92 valence electrons. The van der Waals surface area contributed by atoms with E-state index in [1.807, 2.05) is 0 Å². The predicted octanol–water partition coefficient (Wildman–Crippen LogP) is 1.14. The molecule has 0 unspecified atom stereocenters. The van der Waals surface area contributed by atoms with E-state index in [9.17, 15) is 9.59 Å². The maximum absolute atomic E-state index is 11.4. The van der Waals surface area contributed by atoms with Gasteiger partial charge in [0, 0.05) is 11.4 Å². The minimum absolute atomic E-state index is 0.124. The van der Waals surface area contributed by atoms with Gasteiger partial charge in [-0.3, -0.25) is 10.1 Å². The molecule has 2 amide bonds. The van der Waals surface area contributed by atoms with E-state index < -0.39 is 0 Å². The number of thiazole rings is 1. The molecule has 1 saturated carbocycles. The second-order valence-electron chi connectivity index (χ2n) is 3.77. The Balaban J connectivity index is 1.84. The van der Waals surface area contributed by atoms with Gasteiger partial charge in [-0.25, -0.2) is 9.78 Å². The van der Waals surface area contributed by atoms with Crippen molar-refractivity contribution >= 4 is 28.5 Å². The van der Waals surface area contributed by atoms with Crippen LogP contribution in [-0.2, 0) is 16.0 Å². The van der Waals surface area contributed by atoms with Crippen LogP contribution in [0.25, 0.3) is 0 Å². The highest BCUT2D eigenvalue weighted by Gasteiger charge is 2.23. The fraction of sp³-hybridized carbons (Fsp3) is 0.500. The van der Waals surface area contributed by atoms with Crippen LogP contribution in [0.5, 0.6) is 0 Å². The fourth-order valence-corrected chi connectivity index (χ4v) is 1.92. The van der Waals surface area contributed by atoms with Crippen molar-refractivity contribution in [2.45, 2.75) is 25.3 Å². The van der Waals surface area contributed by atoms with Crippen molar-refractivity contribution in [3.8, 4) is 0 Å². The second kappa shape index (κ2) is 5.13. The molecular formula is C10H13N3O3S. The number of rotatable bonds is 4. The van der Waals surface area contributed by atoms with Gasteiger partial charge in [0.05, 0.1) is 19.2 Å². The third kappa shape index (κ3) is 3.70. The fourth-order valence-electron chi connectivity index (χ4n) is 1.21. The highest BCUT2D eigenvalue weighted by Crippen LogP contribution is 2.20. The van der Waals surface area contributed by atoms with Gasteiger partial charge in [0.25, 0.3) is 0 Å². The van der Waals surface area contributed by atoms with Crippen LogP contribution in [0.15, 0.2) is 5.38 Å². The van der Waals surface area contributed by atoms with Crippen molar-refractivity contribution in [2.24, 2.45) is 0 Å². The van der Waals surface area contributed by atoms with E-state index in [4.69, 9.17) is 0 Å². The number of carbonyl (C=O) groups excluding carboxylic acids is 2. The average Bonchev–Trinajstić information content (AvgIpc) is 2.99. The summed E-state index contributed by atoms with van der Waals surface area (Å²) in [4.78, 5) is 26.5. The van der Waals surface area contributed by atoms with Crippen LogP contribution in [0.1, 0.15) is 18.5 Å². The summed E-state index contributed by atoms with van der Waals surface area (Å²) >= 11 is 1.29. The number of nitrogens with one attached hydrogen (secondary N) is 2. The third-order valence-electron chi connectivity index (χ3n) is 2.24. The van der Waals surface area contributed by atoms with Crippen LogP contribution < -0.4 is 10.6 Å². The molecule has 0 radical (unpaired) electrons. The molecule has 1 fully saturated rings. The summed E-state index contributed by atoms with van der Waals surface area (Å²) in [6.45, 7) is 0. The van der Waals surface area contributed by atoms with Gasteiger partial charge >= 0.3 is 12.0 Å². The van der Waals surface area contributed by atoms with Gasteiger partial charge in [-0.15, -0.1) is 11.3 Å². The minimum atomic E-state index is -0.343. The Labute approximate surface area is 102 Å². The summed E-state index contributed by atoms with van der Waals surface area (Å²) < 4.78 is 4.53. The molecule has 1 heterocycles. The molecule has 2 N–H and O–H groups in total. The molecule has 0 aliphatic heterocycles. The highest BCUT2D eigenvalue weighted by atomic mass is 32.1. The molecule has 2 rings (SSSR count). The largest absolute Gasteiger partial charge is 0.469 e. The molecule has 6 nitrogen and oxygen atoms in total. The summed E-state index contributed by atoms with van der Waals surface area (Å²) in [5.41, 5.74) is 0.601. The van der Waals surface area contributed by atoms with E-state index in [-0.39, 0.29) is 18.4 Å². The minimum Gasteiger partial charge on any atom is -0.469 e. The Morgan fingerprint density at radius 2 is 2.35 bits per heavy atom. The summed E-state index contributed by atoms with van der Waals surface area (Å²) in [7, 11) is 1.33. The Kier molecular flexibility index (Phi) is 3.58. The lowest BCUT2D eigenvalue weighted by atomic mass is 10.3. The van der Waals surface area contributed by atoms with Crippen LogP contribution in [0.4, 0.5) is 9.93 Å². The molecule has 17 heavy (non-hydrogen) atoms. The summed E-state index contributed by atoms with van der Waals surface area (Å²) in [6, 6.07) is 0.0657. The van der Waals surface area contributed by atoms with Crippen molar-refractivity contribution < 1.29 is 14.3 Å². The van der Waals surface area contributed by atoms with E-state index in [0.29, 0.717) is 16.9 Å². The first kappa shape index (κ1) is 11.8. The van der Waals surface area contributed by atoms with Crippen LogP contribution in [0.2, 0.25) is 0 Å². The van der Waals surface area contributed by atoms with Gasteiger partial charge < -0.3 is 10.1 Å². The van der Waals surface area contributed by atoms with Crippen molar-refractivity contribution in [2.75, 3.05) is 12.4 Å². The number of nitrogens with zero attached hydrogens (tertiary/aromatic N) is 1. The van der Waals surface area contributed by atoms with E-state index in [1.165, 1.54) is 18.4 Å². The number of ether oxygens (including phenoxy) is 1. The lowest BCUT2D eigenvalue weighted by Crippen LogP contribution is -2.30. The van der Waals surface area contributed by atoms with Crippen molar-refractivity contribution in [1.29, 1.82) is 0 Å². The van der Waals surface area contributed by atoms with Gasteiger partial charge in [0.15, 0.2) is 5.13 Å². The molecule has 1 aliphatic carbocycles. The van der Waals surface area contributed by atoms with Gasteiger partial charge in [0.2, 0.25) is 0 Å². The number of carbonyl (C=O) groups is 2. The molecule has 7 heteroatoms. The van der Waals surface area contributed by atoms with Gasteiger partial charge in [0.1, 0.15) is 0 Å². The van der Waals surface area contributed by atoms with Crippen molar-refractivity contribution in [3.63, 3.8) is 0 Å². The predicted molar refractivity (Wildman–Crippen MR) is 63.0 cm³/mol. The second-order valence-corrected chi connectivity index (χ2v) is 4.63. The Morgan fingerprint density at radius 1 is 1.59 bits per heavy atom. The summed E-state index contributed by atoms with van der Waals surface area (Å²) in [5.74, 6) is -0.343. The molecule has 1 aromatic rings. The quantitative estimate of drug-likeness (QED) is 0.791. The smallest absolute Gasteiger partial charge is 0.321 e. The normalized spacial score (nSPS) is 14.2. The SMILES string of the molecule is COC(=O)Cc1csc(NC(=O)NC2CC2)n1. The molecule has 1 aliphatic rings. The van der Waals surface area contributed by atoms with Gasteiger partial charge in [-0.1, -0.05) is 0 Å². The lowest BCUT2D eigenvalue weighted by Gasteiger charge is -2.02. The Morgan fingerprint density at radius 3 is 3.00 bits per heavy atom. The zero-order valence-corrected chi connectivity index (χ0v) is 10.2. The molecule has 1 aromatic heterocycles. The van der Waals surface area contributed by atoms with Crippen molar-refractivity contribution in [3.05, 3.63) is 11.1 Å². The lowest BCUT2D eigenvalue weighted by molar-refractivity contribution is -0.139. The van der Waals surface area contributed by atoms with Crippen LogP contribution >= 0.6 is 11.3 Å². The van der Waals surface area contributed by atoms with Crippen LogP contribution in [0, 0.1) is 0 Å². The maximum Gasteiger partial charge on any atom is 0.321 e. The first-order chi connectivity index (χ1) is 8.17. The van der Waals surface area contributed by atoms with Crippen LogP contribution in [-0.4, -0.2) is 30.1 Å². The Hall–Kier alpha value is -1.63. The number of methoxy groups -OCH3 is 1. The number of anilines is 1. The third-order valence-corrected chi connectivity index (χ3v) is 3.04. The number of hydrogen-bond acceptors (Lipinski definition) is 5. The molecule has 0 bridgehead atoms. The summed E-state index contributed by atoms with van der Waals surface area (Å²) in [6.07, 6.45) is 2.21. The van der Waals surface area contributed by atoms with E-state index in [2.05, 4.69) is 20.4 Å². The number of hydrogen-bond donors (Lipinski definition) is 2. The molecule has 0 spiro atoms. The number of aromatic nitrogens is 1. The molecular weight excluding hydrogens is 242 g/mol.